The van der Waals surface area contributed by atoms with Crippen LogP contribution in [-0.2, 0) is 11.3 Å². The molecule has 5 rings (SSSR count). The summed E-state index contributed by atoms with van der Waals surface area (Å²) in [5.41, 5.74) is 5.14. The van der Waals surface area contributed by atoms with Crippen molar-refractivity contribution in [1.29, 1.82) is 5.26 Å². The first-order valence-corrected chi connectivity index (χ1v) is 14.8. The fourth-order valence-electron chi connectivity index (χ4n) is 4.49. The smallest absolute Gasteiger partial charge is 0.269 e. The zero-order chi connectivity index (χ0) is 27.5. The SMILES string of the molecule is CCNc1ccc(C#N)cc1N=C1SC(=C2SC(C)=C(c3cccc(Br)c3)N2C)C(=O)N1Cc1ccccc1. The van der Waals surface area contributed by atoms with Gasteiger partial charge in [-0.1, -0.05) is 70.2 Å². The van der Waals surface area contributed by atoms with Gasteiger partial charge in [-0.2, -0.15) is 5.26 Å². The van der Waals surface area contributed by atoms with E-state index in [2.05, 4.69) is 51.3 Å². The Kier molecular flexibility index (Phi) is 8.17. The highest BCUT2D eigenvalue weighted by molar-refractivity contribution is 9.10. The predicted octanol–water partition coefficient (Wildman–Crippen LogP) is 7.75. The molecule has 3 aromatic rings. The lowest BCUT2D eigenvalue weighted by molar-refractivity contribution is -0.122. The molecule has 0 spiro atoms. The number of amidine groups is 1. The number of hydrogen-bond acceptors (Lipinski definition) is 7. The van der Waals surface area contributed by atoms with E-state index in [1.807, 2.05) is 62.5 Å². The van der Waals surface area contributed by atoms with Crippen LogP contribution >= 0.6 is 39.5 Å². The number of nitrogens with one attached hydrogen (secondary N) is 1. The van der Waals surface area contributed by atoms with Crippen LogP contribution in [0, 0.1) is 11.3 Å². The fraction of sp³-hybridized carbons (Fsp3) is 0.167. The van der Waals surface area contributed by atoms with E-state index in [0.717, 1.165) is 36.9 Å². The number of nitriles is 1. The minimum atomic E-state index is -0.0818. The third kappa shape index (κ3) is 5.64. The molecule has 2 aliphatic heterocycles. The highest BCUT2D eigenvalue weighted by Gasteiger charge is 2.39. The molecule has 196 valence electrons. The molecule has 0 aromatic heterocycles. The third-order valence-corrected chi connectivity index (χ3v) is 9.13. The first-order chi connectivity index (χ1) is 18.9. The molecular weight excluding hydrogens is 590 g/mol. The number of rotatable bonds is 6. The molecule has 3 aromatic carbocycles. The van der Waals surface area contributed by atoms with Crippen LogP contribution in [-0.4, -0.2) is 34.5 Å². The van der Waals surface area contributed by atoms with Gasteiger partial charge in [0.25, 0.3) is 5.91 Å². The molecule has 0 bridgehead atoms. The summed E-state index contributed by atoms with van der Waals surface area (Å²) >= 11 is 6.57. The summed E-state index contributed by atoms with van der Waals surface area (Å²) in [4.78, 5) is 24.6. The quantitative estimate of drug-likeness (QED) is 0.286. The van der Waals surface area contributed by atoms with E-state index in [-0.39, 0.29) is 5.91 Å². The van der Waals surface area contributed by atoms with Crippen molar-refractivity contribution in [3.8, 4) is 6.07 Å². The van der Waals surface area contributed by atoms with Crippen LogP contribution in [0.1, 0.15) is 30.5 Å². The zero-order valence-corrected chi connectivity index (χ0v) is 25.0. The van der Waals surface area contributed by atoms with Gasteiger partial charge in [0.05, 0.1) is 40.3 Å². The number of thioether (sulfide) groups is 2. The van der Waals surface area contributed by atoms with Gasteiger partial charge < -0.3 is 10.2 Å². The molecule has 1 amide bonds. The molecule has 6 nitrogen and oxygen atoms in total. The van der Waals surface area contributed by atoms with Crippen molar-refractivity contribution in [3.05, 3.63) is 109 Å². The number of halogens is 1. The van der Waals surface area contributed by atoms with Crippen LogP contribution in [0.25, 0.3) is 5.70 Å². The van der Waals surface area contributed by atoms with Gasteiger partial charge in [-0.3, -0.25) is 9.69 Å². The second kappa shape index (κ2) is 11.7. The molecule has 0 aliphatic carbocycles. The van der Waals surface area contributed by atoms with E-state index in [4.69, 9.17) is 4.99 Å². The van der Waals surface area contributed by atoms with Crippen LogP contribution in [0.3, 0.4) is 0 Å². The Morgan fingerprint density at radius 1 is 1.05 bits per heavy atom. The van der Waals surface area contributed by atoms with Crippen molar-refractivity contribution >= 4 is 67.6 Å². The maximum atomic E-state index is 14.0. The number of hydrogen-bond donors (Lipinski definition) is 1. The number of aliphatic imine (C=N–C) groups is 1. The Bertz CT molecular complexity index is 1580. The predicted molar refractivity (Wildman–Crippen MR) is 166 cm³/mol. The van der Waals surface area contributed by atoms with E-state index in [1.54, 1.807) is 28.8 Å². The van der Waals surface area contributed by atoms with Crippen molar-refractivity contribution in [1.82, 2.24) is 9.80 Å². The molecule has 1 N–H and O–H groups in total. The van der Waals surface area contributed by atoms with Gasteiger partial charge in [-0.25, -0.2) is 4.99 Å². The topological polar surface area (TPSA) is 71.7 Å². The average molecular weight is 617 g/mol. The summed E-state index contributed by atoms with van der Waals surface area (Å²) in [5, 5.41) is 14.3. The van der Waals surface area contributed by atoms with Gasteiger partial charge in [-0.15, -0.1) is 0 Å². The maximum Gasteiger partial charge on any atom is 0.269 e. The number of nitrogens with zero attached hydrogens (tertiary/aromatic N) is 4. The summed E-state index contributed by atoms with van der Waals surface area (Å²) in [7, 11) is 2.01. The lowest BCUT2D eigenvalue weighted by Gasteiger charge is -2.19. The second-order valence-electron chi connectivity index (χ2n) is 8.96. The number of carbonyl (C=O) groups is 1. The highest BCUT2D eigenvalue weighted by atomic mass is 79.9. The zero-order valence-electron chi connectivity index (χ0n) is 21.7. The number of anilines is 1. The van der Waals surface area contributed by atoms with Gasteiger partial charge in [0, 0.05) is 28.5 Å². The maximum absolute atomic E-state index is 14.0. The molecule has 0 radical (unpaired) electrons. The molecule has 2 aliphatic rings. The van der Waals surface area contributed by atoms with E-state index < -0.39 is 0 Å². The Morgan fingerprint density at radius 3 is 2.56 bits per heavy atom. The van der Waals surface area contributed by atoms with Gasteiger partial charge >= 0.3 is 0 Å². The molecule has 2 heterocycles. The molecule has 1 fully saturated rings. The summed E-state index contributed by atoms with van der Waals surface area (Å²) in [6, 6.07) is 25.7. The molecule has 0 atom stereocenters. The second-order valence-corrected chi connectivity index (χ2v) is 12.1. The lowest BCUT2D eigenvalue weighted by Crippen LogP contribution is -2.29. The van der Waals surface area contributed by atoms with Crippen molar-refractivity contribution in [2.45, 2.75) is 20.4 Å². The third-order valence-electron chi connectivity index (χ3n) is 6.27. The number of allylic oxidation sites excluding steroid dienone is 1. The summed E-state index contributed by atoms with van der Waals surface area (Å²) in [5.74, 6) is -0.0818. The van der Waals surface area contributed by atoms with Crippen LogP contribution < -0.4 is 5.32 Å². The van der Waals surface area contributed by atoms with E-state index in [0.29, 0.717) is 34.4 Å². The molecular formula is C30H26BrN5OS2. The van der Waals surface area contributed by atoms with E-state index in [9.17, 15) is 10.1 Å². The minimum absolute atomic E-state index is 0.0818. The first kappa shape index (κ1) is 27.1. The van der Waals surface area contributed by atoms with Crippen molar-refractivity contribution in [2.75, 3.05) is 18.9 Å². The number of amides is 1. The van der Waals surface area contributed by atoms with Crippen molar-refractivity contribution < 1.29 is 4.79 Å². The Hall–Kier alpha value is -3.45. The Morgan fingerprint density at radius 2 is 1.85 bits per heavy atom. The average Bonchev–Trinajstić information content (AvgIpc) is 3.40. The summed E-state index contributed by atoms with van der Waals surface area (Å²) in [6.45, 7) is 5.21. The van der Waals surface area contributed by atoms with Gasteiger partial charge in [0.1, 0.15) is 4.91 Å². The Balaban J connectivity index is 1.58. The van der Waals surface area contributed by atoms with Crippen LogP contribution in [0.15, 0.2) is 97.1 Å². The fourth-order valence-corrected chi connectivity index (χ4v) is 7.20. The summed E-state index contributed by atoms with van der Waals surface area (Å²) < 4.78 is 1.01. The molecule has 39 heavy (non-hydrogen) atoms. The molecule has 9 heteroatoms. The minimum Gasteiger partial charge on any atom is -0.384 e. The van der Waals surface area contributed by atoms with Crippen molar-refractivity contribution in [3.63, 3.8) is 0 Å². The number of carbonyl (C=O) groups excluding carboxylic acids is 1. The Labute approximate surface area is 245 Å². The van der Waals surface area contributed by atoms with E-state index >= 15 is 0 Å². The normalized spacial score (nSPS) is 18.3. The standard InChI is InChI=1S/C30H26BrN5OS2/c1-4-33-24-14-13-21(17-32)15-25(24)34-30-36(18-20-9-6-5-7-10-20)28(37)27(39-30)29-35(3)26(19(2)38-29)22-11-8-12-23(31)16-22/h5-16,33H,4,18H2,1-3H3. The van der Waals surface area contributed by atoms with Gasteiger partial charge in [0.15, 0.2) is 5.17 Å². The summed E-state index contributed by atoms with van der Waals surface area (Å²) in [6.07, 6.45) is 0. The molecule has 1 saturated heterocycles. The number of benzene rings is 3. The van der Waals surface area contributed by atoms with Crippen LogP contribution in [0.2, 0.25) is 0 Å². The first-order valence-electron chi connectivity index (χ1n) is 12.4. The lowest BCUT2D eigenvalue weighted by atomic mass is 10.1. The van der Waals surface area contributed by atoms with Gasteiger partial charge in [0.2, 0.25) is 0 Å². The van der Waals surface area contributed by atoms with Crippen LogP contribution in [0.4, 0.5) is 11.4 Å². The highest BCUT2D eigenvalue weighted by Crippen LogP contribution is 2.50. The largest absolute Gasteiger partial charge is 0.384 e. The van der Waals surface area contributed by atoms with Gasteiger partial charge in [-0.05, 0) is 61.5 Å². The van der Waals surface area contributed by atoms with E-state index in [1.165, 1.54) is 11.8 Å². The van der Waals surface area contributed by atoms with Crippen molar-refractivity contribution in [2.24, 2.45) is 4.99 Å². The molecule has 0 unspecified atom stereocenters. The molecule has 0 saturated carbocycles. The van der Waals surface area contributed by atoms with Crippen LogP contribution in [0.5, 0.6) is 0 Å². The monoisotopic (exact) mass is 615 g/mol.